The van der Waals surface area contributed by atoms with Crippen LogP contribution in [-0.2, 0) is 15.8 Å². The third-order valence-corrected chi connectivity index (χ3v) is 5.65. The van der Waals surface area contributed by atoms with Crippen LogP contribution >= 0.6 is 0 Å². The van der Waals surface area contributed by atoms with Crippen LogP contribution in [0.4, 0.5) is 24.5 Å². The fourth-order valence-corrected chi connectivity index (χ4v) is 4.02. The van der Waals surface area contributed by atoms with Crippen LogP contribution in [0, 0.1) is 5.92 Å². The molecule has 0 radical (unpaired) electrons. The monoisotopic (exact) mass is 426 g/mol. The normalized spacial score (nSPS) is 19.8. The Balaban J connectivity index is 1.71. The number of anilines is 2. The fraction of sp³-hybridized carbons (Fsp3) is 0.619. The van der Waals surface area contributed by atoms with Gasteiger partial charge in [0.1, 0.15) is 0 Å². The number of hydrogen-bond donors (Lipinski definition) is 1. The molecule has 3 rings (SSSR count). The lowest BCUT2D eigenvalue weighted by Gasteiger charge is -2.23. The molecule has 2 heterocycles. The Morgan fingerprint density at radius 3 is 2.57 bits per heavy atom. The Morgan fingerprint density at radius 1 is 1.23 bits per heavy atom. The second kappa shape index (κ2) is 9.24. The summed E-state index contributed by atoms with van der Waals surface area (Å²) in [4.78, 5) is 30.8. The zero-order valence-electron chi connectivity index (χ0n) is 17.5. The summed E-state index contributed by atoms with van der Waals surface area (Å²) in [5.74, 6) is -1.05. The van der Waals surface area contributed by atoms with Gasteiger partial charge >= 0.3 is 6.18 Å². The van der Waals surface area contributed by atoms with Gasteiger partial charge in [0.05, 0.1) is 22.9 Å². The first kappa shape index (κ1) is 22.4. The summed E-state index contributed by atoms with van der Waals surface area (Å²) in [6.45, 7) is 3.20. The molecule has 166 valence electrons. The molecular weight excluding hydrogens is 397 g/mol. The quantitative estimate of drug-likeness (QED) is 0.728. The van der Waals surface area contributed by atoms with Gasteiger partial charge in [-0.25, -0.2) is 0 Å². The van der Waals surface area contributed by atoms with E-state index in [9.17, 15) is 22.8 Å². The van der Waals surface area contributed by atoms with E-state index in [1.54, 1.807) is 4.90 Å². The van der Waals surface area contributed by atoms with Crippen molar-refractivity contribution in [3.05, 3.63) is 23.8 Å². The van der Waals surface area contributed by atoms with Gasteiger partial charge in [0, 0.05) is 32.6 Å². The van der Waals surface area contributed by atoms with Crippen LogP contribution in [0.5, 0.6) is 0 Å². The summed E-state index contributed by atoms with van der Waals surface area (Å²) >= 11 is 0. The molecule has 2 amide bonds. The number of amides is 2. The lowest BCUT2D eigenvalue weighted by molar-refractivity contribution is -0.137. The van der Waals surface area contributed by atoms with Gasteiger partial charge in [0.25, 0.3) is 0 Å². The average Bonchev–Trinajstić information content (AvgIpc) is 3.31. The molecule has 1 aromatic rings. The maximum Gasteiger partial charge on any atom is 0.416 e. The van der Waals surface area contributed by atoms with Gasteiger partial charge in [-0.05, 0) is 58.1 Å². The number of nitrogens with zero attached hydrogens (tertiary/aromatic N) is 3. The van der Waals surface area contributed by atoms with Gasteiger partial charge in [0.15, 0.2) is 0 Å². The summed E-state index contributed by atoms with van der Waals surface area (Å²) in [6.07, 6.45) is -1.66. The van der Waals surface area contributed by atoms with E-state index in [2.05, 4.69) is 5.32 Å². The number of hydrogen-bond acceptors (Lipinski definition) is 4. The third-order valence-electron chi connectivity index (χ3n) is 5.65. The molecule has 9 heteroatoms. The fourth-order valence-electron chi connectivity index (χ4n) is 4.02. The van der Waals surface area contributed by atoms with Crippen LogP contribution in [0.3, 0.4) is 0 Å². The lowest BCUT2D eigenvalue weighted by Crippen LogP contribution is -2.31. The summed E-state index contributed by atoms with van der Waals surface area (Å²) < 4.78 is 39.6. The van der Waals surface area contributed by atoms with E-state index >= 15 is 0 Å². The van der Waals surface area contributed by atoms with Crippen LogP contribution in [0.2, 0.25) is 0 Å². The maximum atomic E-state index is 13.2. The largest absolute Gasteiger partial charge is 0.416 e. The van der Waals surface area contributed by atoms with Gasteiger partial charge in [0.2, 0.25) is 11.8 Å². The molecule has 2 fully saturated rings. The number of likely N-dealkylation sites (tertiary alicyclic amines) is 1. The van der Waals surface area contributed by atoms with Crippen LogP contribution < -0.4 is 10.2 Å². The summed E-state index contributed by atoms with van der Waals surface area (Å²) in [5, 5.41) is 2.69. The average molecular weight is 426 g/mol. The highest BCUT2D eigenvalue weighted by atomic mass is 19.4. The maximum absolute atomic E-state index is 13.2. The van der Waals surface area contributed by atoms with E-state index in [-0.39, 0.29) is 18.0 Å². The molecule has 1 atom stereocenters. The first-order valence-corrected chi connectivity index (χ1v) is 10.3. The Kier molecular flexibility index (Phi) is 6.90. The van der Waals surface area contributed by atoms with E-state index in [4.69, 9.17) is 0 Å². The first-order chi connectivity index (χ1) is 14.1. The Hall–Kier alpha value is -2.29. The second-order valence-electron chi connectivity index (χ2n) is 8.31. The lowest BCUT2D eigenvalue weighted by atomic mass is 10.1. The number of nitrogens with one attached hydrogen (secondary N) is 1. The minimum absolute atomic E-state index is 0.0854. The van der Waals surface area contributed by atoms with Gasteiger partial charge < -0.3 is 20.0 Å². The van der Waals surface area contributed by atoms with Crippen LogP contribution in [0.15, 0.2) is 18.2 Å². The van der Waals surface area contributed by atoms with Crippen LogP contribution in [0.25, 0.3) is 0 Å². The molecule has 1 unspecified atom stereocenters. The minimum atomic E-state index is -4.49. The second-order valence-corrected chi connectivity index (χ2v) is 8.31. The van der Waals surface area contributed by atoms with E-state index in [0.29, 0.717) is 18.8 Å². The van der Waals surface area contributed by atoms with Gasteiger partial charge in [-0.1, -0.05) is 0 Å². The molecule has 2 aliphatic heterocycles. The van der Waals surface area contributed by atoms with Gasteiger partial charge in [-0.2, -0.15) is 13.2 Å². The molecule has 0 spiro atoms. The number of carbonyl (C=O) groups excluding carboxylic acids is 2. The van der Waals surface area contributed by atoms with E-state index in [1.807, 2.05) is 23.9 Å². The van der Waals surface area contributed by atoms with Crippen LogP contribution in [-0.4, -0.2) is 68.4 Å². The molecule has 0 aromatic heterocycles. The number of carbonyl (C=O) groups is 2. The van der Waals surface area contributed by atoms with Gasteiger partial charge in [-0.3, -0.25) is 9.59 Å². The Bertz CT molecular complexity index is 776. The summed E-state index contributed by atoms with van der Waals surface area (Å²) in [6, 6.07) is 3.48. The molecule has 0 saturated carbocycles. The molecule has 1 aromatic carbocycles. The van der Waals surface area contributed by atoms with Crippen molar-refractivity contribution in [2.45, 2.75) is 31.9 Å². The van der Waals surface area contributed by atoms with Crippen molar-refractivity contribution in [2.75, 3.05) is 57.0 Å². The first-order valence-electron chi connectivity index (χ1n) is 10.3. The molecule has 30 heavy (non-hydrogen) atoms. The van der Waals surface area contributed by atoms with Crippen molar-refractivity contribution in [2.24, 2.45) is 5.92 Å². The highest BCUT2D eigenvalue weighted by Gasteiger charge is 2.35. The minimum Gasteiger partial charge on any atom is -0.370 e. The van der Waals surface area contributed by atoms with Crippen molar-refractivity contribution < 1.29 is 22.8 Å². The van der Waals surface area contributed by atoms with Crippen molar-refractivity contribution >= 4 is 23.2 Å². The van der Waals surface area contributed by atoms with E-state index in [1.165, 1.54) is 6.07 Å². The molecule has 2 saturated heterocycles. The number of rotatable bonds is 7. The topological polar surface area (TPSA) is 55.9 Å². The smallest absolute Gasteiger partial charge is 0.370 e. The number of alkyl halides is 3. The van der Waals surface area contributed by atoms with Gasteiger partial charge in [-0.15, -0.1) is 0 Å². The highest BCUT2D eigenvalue weighted by Crippen LogP contribution is 2.37. The number of halogens is 3. The zero-order chi connectivity index (χ0) is 21.9. The summed E-state index contributed by atoms with van der Waals surface area (Å²) in [7, 11) is 3.91. The molecule has 0 aliphatic carbocycles. The van der Waals surface area contributed by atoms with Crippen LogP contribution in [0.1, 0.15) is 31.2 Å². The third kappa shape index (κ3) is 5.44. The van der Waals surface area contributed by atoms with Crippen molar-refractivity contribution in [3.63, 3.8) is 0 Å². The highest BCUT2D eigenvalue weighted by molar-refractivity contribution is 5.99. The van der Waals surface area contributed by atoms with E-state index < -0.39 is 23.6 Å². The summed E-state index contributed by atoms with van der Waals surface area (Å²) in [5.41, 5.74) is -0.0372. The molecule has 2 aliphatic rings. The molecule has 1 N–H and O–H groups in total. The SMILES string of the molecule is CN(C)CCCN1CC(C(=O)Nc2cc(C(F)(F)F)ccc2N2CCCC2)CC1=O. The Morgan fingerprint density at radius 2 is 1.93 bits per heavy atom. The predicted molar refractivity (Wildman–Crippen MR) is 109 cm³/mol. The standard InChI is InChI=1S/C21H29F3N4O2/c1-26(2)8-5-11-28-14-15(12-19(28)29)20(30)25-17-13-16(21(22,23)24)6-7-18(17)27-9-3-4-10-27/h6-7,13,15H,3-5,8-12,14H2,1-2H3,(H,25,30). The zero-order valence-corrected chi connectivity index (χ0v) is 17.5. The van der Waals surface area contributed by atoms with E-state index in [0.717, 1.165) is 51.0 Å². The van der Waals surface area contributed by atoms with Crippen molar-refractivity contribution in [3.8, 4) is 0 Å². The number of benzene rings is 1. The van der Waals surface area contributed by atoms with Crippen molar-refractivity contribution in [1.29, 1.82) is 0 Å². The molecule has 6 nitrogen and oxygen atoms in total. The van der Waals surface area contributed by atoms with Crippen molar-refractivity contribution in [1.82, 2.24) is 9.80 Å². The molecular formula is C21H29F3N4O2. The Labute approximate surface area is 175 Å². The predicted octanol–water partition coefficient (Wildman–Crippen LogP) is 3.04. The molecule has 0 bridgehead atoms.